The van der Waals surface area contributed by atoms with Crippen LogP contribution in [0.15, 0.2) is 45.7 Å². The Morgan fingerprint density at radius 2 is 2.04 bits per heavy atom. The minimum absolute atomic E-state index is 0. The van der Waals surface area contributed by atoms with Crippen molar-refractivity contribution in [2.75, 3.05) is 13.1 Å². The van der Waals surface area contributed by atoms with Crippen LogP contribution in [0.5, 0.6) is 0 Å². The lowest BCUT2D eigenvalue weighted by atomic mass is 10.4. The van der Waals surface area contributed by atoms with Gasteiger partial charge in [0.1, 0.15) is 0 Å². The molecule has 0 aliphatic heterocycles. The summed E-state index contributed by atoms with van der Waals surface area (Å²) in [6.45, 7) is 8.73. The smallest absolute Gasteiger partial charge is 0.191 e. The Labute approximate surface area is 170 Å². The first-order valence-electron chi connectivity index (χ1n) is 7.82. The predicted octanol–water partition coefficient (Wildman–Crippen LogP) is 4.31. The molecule has 0 aliphatic rings. The lowest BCUT2D eigenvalue weighted by molar-refractivity contribution is 0.795. The highest BCUT2D eigenvalue weighted by atomic mass is 127. The van der Waals surface area contributed by atoms with Crippen molar-refractivity contribution in [3.05, 3.63) is 46.4 Å². The number of benzene rings is 1. The van der Waals surface area contributed by atoms with Crippen LogP contribution in [0.3, 0.4) is 0 Å². The van der Waals surface area contributed by atoms with Crippen molar-refractivity contribution < 1.29 is 0 Å². The fraction of sp³-hybridized carbons (Fsp3) is 0.412. The minimum atomic E-state index is 0. The summed E-state index contributed by atoms with van der Waals surface area (Å²) in [6.07, 6.45) is 0. The lowest BCUT2D eigenvalue weighted by Crippen LogP contribution is -2.40. The van der Waals surface area contributed by atoms with Gasteiger partial charge in [-0.15, -0.1) is 47.1 Å². The number of halogens is 1. The van der Waals surface area contributed by atoms with Gasteiger partial charge in [-0.2, -0.15) is 0 Å². The molecule has 0 radical (unpaired) electrons. The molecule has 1 aromatic heterocycles. The van der Waals surface area contributed by atoms with Crippen molar-refractivity contribution in [2.24, 2.45) is 4.99 Å². The molecule has 0 aliphatic carbocycles. The van der Waals surface area contributed by atoms with E-state index in [2.05, 4.69) is 58.7 Å². The van der Waals surface area contributed by atoms with Crippen LogP contribution in [0.4, 0.5) is 0 Å². The van der Waals surface area contributed by atoms with Gasteiger partial charge in [0.25, 0.3) is 0 Å². The standard InChI is InChI=1S/C17H24N4S2.HI/c1-4-18-17(20-11-16-14(3)21-12-22-16)19-10-13(2)23-15-8-6-5-7-9-15;/h5-9,12-13H,4,10-11H2,1-3H3,(H2,18,19,20);1H. The topological polar surface area (TPSA) is 49.3 Å². The van der Waals surface area contributed by atoms with Crippen LogP contribution in [-0.2, 0) is 6.54 Å². The van der Waals surface area contributed by atoms with Crippen molar-refractivity contribution >= 4 is 53.0 Å². The van der Waals surface area contributed by atoms with Gasteiger partial charge in [0.2, 0.25) is 0 Å². The van der Waals surface area contributed by atoms with Gasteiger partial charge in [0.05, 0.1) is 17.7 Å². The molecule has 4 nitrogen and oxygen atoms in total. The van der Waals surface area contributed by atoms with Crippen LogP contribution in [0.1, 0.15) is 24.4 Å². The van der Waals surface area contributed by atoms with E-state index in [0.29, 0.717) is 11.8 Å². The van der Waals surface area contributed by atoms with Crippen LogP contribution < -0.4 is 10.6 Å². The second-order valence-corrected chi connectivity index (χ2v) is 7.63. The molecular weight excluding hydrogens is 451 g/mol. The Morgan fingerprint density at radius 3 is 2.67 bits per heavy atom. The van der Waals surface area contributed by atoms with Crippen molar-refractivity contribution in [3.63, 3.8) is 0 Å². The summed E-state index contributed by atoms with van der Waals surface area (Å²) in [5, 5.41) is 7.19. The molecule has 2 aromatic rings. The number of hydrogen-bond acceptors (Lipinski definition) is 4. The average molecular weight is 476 g/mol. The fourth-order valence-corrected chi connectivity index (χ4v) is 3.63. The zero-order chi connectivity index (χ0) is 16.5. The van der Waals surface area contributed by atoms with Gasteiger partial charge < -0.3 is 10.6 Å². The molecule has 0 amide bonds. The third-order valence-electron chi connectivity index (χ3n) is 3.21. The maximum Gasteiger partial charge on any atom is 0.191 e. The van der Waals surface area contributed by atoms with Gasteiger partial charge in [0.15, 0.2) is 5.96 Å². The lowest BCUT2D eigenvalue weighted by Gasteiger charge is -2.15. The van der Waals surface area contributed by atoms with Crippen molar-refractivity contribution in [1.82, 2.24) is 15.6 Å². The highest BCUT2D eigenvalue weighted by Gasteiger charge is 2.06. The van der Waals surface area contributed by atoms with E-state index < -0.39 is 0 Å². The zero-order valence-corrected chi connectivity index (χ0v) is 18.2. The van der Waals surface area contributed by atoms with E-state index in [1.54, 1.807) is 11.3 Å². The molecule has 1 aromatic carbocycles. The van der Waals surface area contributed by atoms with E-state index in [-0.39, 0.29) is 24.0 Å². The number of nitrogens with one attached hydrogen (secondary N) is 2. The molecule has 0 spiro atoms. The van der Waals surface area contributed by atoms with Crippen molar-refractivity contribution in [1.29, 1.82) is 0 Å². The number of hydrogen-bond donors (Lipinski definition) is 2. The molecule has 1 heterocycles. The Morgan fingerprint density at radius 1 is 1.29 bits per heavy atom. The first kappa shape index (κ1) is 21.2. The SMILES string of the molecule is CCNC(=NCc1scnc1C)NCC(C)Sc1ccccc1.I. The maximum atomic E-state index is 4.65. The number of rotatable bonds is 7. The van der Waals surface area contributed by atoms with Crippen LogP contribution in [-0.4, -0.2) is 29.3 Å². The van der Waals surface area contributed by atoms with Gasteiger partial charge in [-0.05, 0) is 26.0 Å². The summed E-state index contributed by atoms with van der Waals surface area (Å²) in [6, 6.07) is 10.5. The quantitative estimate of drug-likeness (QED) is 0.271. The van der Waals surface area contributed by atoms with Gasteiger partial charge >= 0.3 is 0 Å². The number of aliphatic imine (C=N–C) groups is 1. The van der Waals surface area contributed by atoms with Crippen molar-refractivity contribution in [2.45, 2.75) is 37.5 Å². The third-order valence-corrected chi connectivity index (χ3v) is 5.24. The van der Waals surface area contributed by atoms with E-state index in [0.717, 1.165) is 24.7 Å². The summed E-state index contributed by atoms with van der Waals surface area (Å²) in [5.41, 5.74) is 2.95. The molecule has 0 saturated carbocycles. The number of aromatic nitrogens is 1. The molecule has 132 valence electrons. The first-order valence-corrected chi connectivity index (χ1v) is 9.57. The summed E-state index contributed by atoms with van der Waals surface area (Å²) in [7, 11) is 0. The Kier molecular flexibility index (Phi) is 10.4. The van der Waals surface area contributed by atoms with Gasteiger partial charge in [-0.1, -0.05) is 25.1 Å². The molecule has 2 rings (SSSR count). The number of thioether (sulfide) groups is 1. The number of aryl methyl sites for hydroxylation is 1. The van der Waals surface area contributed by atoms with E-state index in [1.165, 1.54) is 9.77 Å². The molecule has 24 heavy (non-hydrogen) atoms. The Hall–Kier alpha value is -0.800. The normalized spacial score (nSPS) is 12.4. The molecule has 1 unspecified atom stereocenters. The van der Waals surface area contributed by atoms with Gasteiger partial charge in [0, 0.05) is 28.1 Å². The molecule has 0 fully saturated rings. The largest absolute Gasteiger partial charge is 0.357 e. The first-order chi connectivity index (χ1) is 11.2. The van der Waals surface area contributed by atoms with Crippen LogP contribution in [0.2, 0.25) is 0 Å². The van der Waals surface area contributed by atoms with Crippen LogP contribution >= 0.6 is 47.1 Å². The van der Waals surface area contributed by atoms with Gasteiger partial charge in [-0.3, -0.25) is 0 Å². The predicted molar refractivity (Wildman–Crippen MR) is 117 cm³/mol. The number of guanidine groups is 1. The van der Waals surface area contributed by atoms with E-state index in [1.807, 2.05) is 30.3 Å². The second kappa shape index (κ2) is 11.7. The molecule has 0 saturated heterocycles. The third kappa shape index (κ3) is 7.40. The summed E-state index contributed by atoms with van der Waals surface area (Å²) in [5.74, 6) is 0.862. The summed E-state index contributed by atoms with van der Waals surface area (Å²) < 4.78 is 0. The highest BCUT2D eigenvalue weighted by Crippen LogP contribution is 2.21. The Bertz CT molecular complexity index is 616. The molecular formula is C17H25IN4S2. The average Bonchev–Trinajstić information content (AvgIpc) is 2.96. The number of nitrogens with zero attached hydrogens (tertiary/aromatic N) is 2. The molecule has 1 atom stereocenters. The summed E-state index contributed by atoms with van der Waals surface area (Å²) in [4.78, 5) is 11.4. The molecule has 7 heteroatoms. The highest BCUT2D eigenvalue weighted by molar-refractivity contribution is 14.0. The fourth-order valence-electron chi connectivity index (χ4n) is 1.98. The molecule has 2 N–H and O–H groups in total. The second-order valence-electron chi connectivity index (χ2n) is 5.18. The van der Waals surface area contributed by atoms with Crippen LogP contribution in [0.25, 0.3) is 0 Å². The minimum Gasteiger partial charge on any atom is -0.357 e. The number of thiazole rings is 1. The van der Waals surface area contributed by atoms with E-state index in [4.69, 9.17) is 0 Å². The Balaban J connectivity index is 0.00000288. The van der Waals surface area contributed by atoms with Crippen LogP contribution in [0, 0.1) is 6.92 Å². The van der Waals surface area contributed by atoms with E-state index in [9.17, 15) is 0 Å². The maximum absolute atomic E-state index is 4.65. The van der Waals surface area contributed by atoms with Gasteiger partial charge in [-0.25, -0.2) is 9.98 Å². The van der Waals surface area contributed by atoms with E-state index >= 15 is 0 Å². The zero-order valence-electron chi connectivity index (χ0n) is 14.3. The monoisotopic (exact) mass is 476 g/mol. The molecule has 0 bridgehead atoms. The summed E-state index contributed by atoms with van der Waals surface area (Å²) >= 11 is 3.53. The van der Waals surface area contributed by atoms with Crippen molar-refractivity contribution in [3.8, 4) is 0 Å².